The first kappa shape index (κ1) is 12.4. The lowest BCUT2D eigenvalue weighted by Gasteiger charge is -2.13. The van der Waals surface area contributed by atoms with Crippen molar-refractivity contribution in [1.82, 2.24) is 10.3 Å². The number of nitrogens with zero attached hydrogens (tertiary/aromatic N) is 1. The van der Waals surface area contributed by atoms with Gasteiger partial charge in [-0.2, -0.15) is 0 Å². The molecule has 0 saturated heterocycles. The van der Waals surface area contributed by atoms with Gasteiger partial charge in [0.1, 0.15) is 5.82 Å². The molecule has 5 heteroatoms. The maximum atomic E-state index is 11.5. The molecule has 88 valence electrons. The first-order valence-corrected chi connectivity index (χ1v) is 5.12. The number of anilines is 1. The zero-order valence-electron chi connectivity index (χ0n) is 9.78. The quantitative estimate of drug-likeness (QED) is 0.814. The van der Waals surface area contributed by atoms with Crippen LogP contribution in [0.2, 0.25) is 0 Å². The molecule has 0 spiro atoms. The molecule has 0 fully saturated rings. The summed E-state index contributed by atoms with van der Waals surface area (Å²) >= 11 is 0. The lowest BCUT2D eigenvalue weighted by molar-refractivity contribution is 0.173. The molecule has 1 atom stereocenters. The smallest absolute Gasteiger partial charge is 0.320 e. The third-order valence-electron chi connectivity index (χ3n) is 1.92. The van der Waals surface area contributed by atoms with Gasteiger partial charge in [0.15, 0.2) is 0 Å². The summed E-state index contributed by atoms with van der Waals surface area (Å²) in [5.41, 5.74) is 0.864. The molecule has 1 rings (SSSR count). The van der Waals surface area contributed by atoms with Gasteiger partial charge in [-0.15, -0.1) is 0 Å². The highest BCUT2D eigenvalue weighted by molar-refractivity contribution is 5.88. The molecule has 1 aromatic rings. The van der Waals surface area contributed by atoms with Crippen molar-refractivity contribution in [3.8, 4) is 0 Å². The fraction of sp³-hybridized carbons (Fsp3) is 0.455. The van der Waals surface area contributed by atoms with Gasteiger partial charge in [-0.05, 0) is 26.0 Å². The van der Waals surface area contributed by atoms with Crippen LogP contribution in [0, 0.1) is 6.92 Å². The second kappa shape index (κ2) is 6.07. The Balaban J connectivity index is 2.45. The minimum Gasteiger partial charge on any atom is -0.383 e. The molecule has 2 amide bonds. The van der Waals surface area contributed by atoms with Gasteiger partial charge in [0.05, 0.1) is 12.6 Å². The van der Waals surface area contributed by atoms with Crippen molar-refractivity contribution in [3.05, 3.63) is 23.9 Å². The monoisotopic (exact) mass is 223 g/mol. The van der Waals surface area contributed by atoms with Crippen LogP contribution in [0.15, 0.2) is 18.2 Å². The van der Waals surface area contributed by atoms with E-state index in [1.54, 1.807) is 13.2 Å². The summed E-state index contributed by atoms with van der Waals surface area (Å²) in [6.45, 7) is 4.22. The first-order valence-electron chi connectivity index (χ1n) is 5.12. The van der Waals surface area contributed by atoms with Crippen LogP contribution >= 0.6 is 0 Å². The highest BCUT2D eigenvalue weighted by Crippen LogP contribution is 2.03. The Morgan fingerprint density at radius 2 is 2.31 bits per heavy atom. The van der Waals surface area contributed by atoms with E-state index in [1.165, 1.54) is 0 Å². The number of aromatic nitrogens is 1. The molecule has 0 aliphatic heterocycles. The van der Waals surface area contributed by atoms with Crippen LogP contribution in [0.5, 0.6) is 0 Å². The molecule has 0 aliphatic rings. The molecule has 1 aromatic heterocycles. The van der Waals surface area contributed by atoms with Gasteiger partial charge in [-0.1, -0.05) is 6.07 Å². The third kappa shape index (κ3) is 4.27. The predicted octanol–water partition coefficient (Wildman–Crippen LogP) is 1.55. The molecule has 0 unspecified atom stereocenters. The number of hydrogen-bond acceptors (Lipinski definition) is 3. The van der Waals surface area contributed by atoms with Crippen molar-refractivity contribution in [2.24, 2.45) is 0 Å². The van der Waals surface area contributed by atoms with Gasteiger partial charge in [0, 0.05) is 12.8 Å². The topological polar surface area (TPSA) is 63.2 Å². The van der Waals surface area contributed by atoms with Crippen LogP contribution in [0.25, 0.3) is 0 Å². The highest BCUT2D eigenvalue weighted by atomic mass is 16.5. The highest BCUT2D eigenvalue weighted by Gasteiger charge is 2.07. The molecule has 2 N–H and O–H groups in total. The van der Waals surface area contributed by atoms with Crippen LogP contribution in [0.3, 0.4) is 0 Å². The number of hydrogen-bond donors (Lipinski definition) is 2. The van der Waals surface area contributed by atoms with Gasteiger partial charge >= 0.3 is 6.03 Å². The lowest BCUT2D eigenvalue weighted by atomic mass is 10.3. The Morgan fingerprint density at radius 3 is 2.94 bits per heavy atom. The molecular weight excluding hydrogens is 206 g/mol. The summed E-state index contributed by atoms with van der Waals surface area (Å²) in [5, 5.41) is 5.39. The summed E-state index contributed by atoms with van der Waals surface area (Å²) in [6.07, 6.45) is 0. The van der Waals surface area contributed by atoms with E-state index in [0.717, 1.165) is 5.69 Å². The van der Waals surface area contributed by atoms with E-state index in [0.29, 0.717) is 12.4 Å². The Morgan fingerprint density at radius 1 is 1.56 bits per heavy atom. The lowest BCUT2D eigenvalue weighted by Crippen LogP contribution is -2.38. The van der Waals surface area contributed by atoms with Gasteiger partial charge in [0.2, 0.25) is 0 Å². The largest absolute Gasteiger partial charge is 0.383 e. The zero-order chi connectivity index (χ0) is 12.0. The minimum atomic E-state index is -0.275. The van der Waals surface area contributed by atoms with E-state index >= 15 is 0 Å². The van der Waals surface area contributed by atoms with Crippen LogP contribution < -0.4 is 10.6 Å². The Hall–Kier alpha value is -1.62. The summed E-state index contributed by atoms with van der Waals surface area (Å²) < 4.78 is 4.92. The number of carbonyl (C=O) groups excluding carboxylic acids is 1. The van der Waals surface area contributed by atoms with Crippen LogP contribution in [-0.2, 0) is 4.74 Å². The maximum Gasteiger partial charge on any atom is 0.320 e. The second-order valence-electron chi connectivity index (χ2n) is 3.62. The average Bonchev–Trinajstić information content (AvgIpc) is 2.17. The number of carbonyl (C=O) groups is 1. The number of amides is 2. The van der Waals surface area contributed by atoms with E-state index in [2.05, 4.69) is 15.6 Å². The van der Waals surface area contributed by atoms with Crippen molar-refractivity contribution in [2.45, 2.75) is 19.9 Å². The van der Waals surface area contributed by atoms with E-state index in [9.17, 15) is 4.79 Å². The van der Waals surface area contributed by atoms with Crippen LogP contribution in [0.1, 0.15) is 12.6 Å². The van der Waals surface area contributed by atoms with Crippen molar-refractivity contribution < 1.29 is 9.53 Å². The fourth-order valence-electron chi connectivity index (χ4n) is 1.28. The number of aryl methyl sites for hydroxylation is 1. The second-order valence-corrected chi connectivity index (χ2v) is 3.62. The molecule has 0 radical (unpaired) electrons. The van der Waals surface area contributed by atoms with Crippen LogP contribution in [-0.4, -0.2) is 30.8 Å². The molecule has 5 nitrogen and oxygen atoms in total. The molecule has 0 saturated carbocycles. The van der Waals surface area contributed by atoms with Gasteiger partial charge < -0.3 is 10.1 Å². The SMILES string of the molecule is COC[C@H](C)NC(=O)Nc1cccc(C)n1. The van der Waals surface area contributed by atoms with Gasteiger partial charge in [-0.25, -0.2) is 9.78 Å². The van der Waals surface area contributed by atoms with Gasteiger partial charge in [-0.3, -0.25) is 5.32 Å². The average molecular weight is 223 g/mol. The summed E-state index contributed by atoms with van der Waals surface area (Å²) in [6, 6.07) is 5.15. The van der Waals surface area contributed by atoms with Crippen molar-refractivity contribution >= 4 is 11.8 Å². The van der Waals surface area contributed by atoms with Crippen molar-refractivity contribution in [1.29, 1.82) is 0 Å². The Labute approximate surface area is 95.2 Å². The van der Waals surface area contributed by atoms with Crippen molar-refractivity contribution in [2.75, 3.05) is 19.0 Å². The maximum absolute atomic E-state index is 11.5. The Bertz CT molecular complexity index is 355. The summed E-state index contributed by atoms with van der Waals surface area (Å²) in [5.74, 6) is 0.544. The number of urea groups is 1. The summed E-state index contributed by atoms with van der Waals surface area (Å²) in [4.78, 5) is 15.7. The van der Waals surface area contributed by atoms with Gasteiger partial charge in [0.25, 0.3) is 0 Å². The predicted molar refractivity (Wildman–Crippen MR) is 62.5 cm³/mol. The minimum absolute atomic E-state index is 0.0326. The molecule has 0 aromatic carbocycles. The Kier molecular flexibility index (Phi) is 4.72. The third-order valence-corrected chi connectivity index (χ3v) is 1.92. The number of ether oxygens (including phenoxy) is 1. The van der Waals surface area contributed by atoms with E-state index in [1.807, 2.05) is 26.0 Å². The van der Waals surface area contributed by atoms with Crippen LogP contribution in [0.4, 0.5) is 10.6 Å². The van der Waals surface area contributed by atoms with E-state index in [-0.39, 0.29) is 12.1 Å². The standard InChI is InChI=1S/C11H17N3O2/c1-8-5-4-6-10(12-8)14-11(15)13-9(2)7-16-3/h4-6,9H,7H2,1-3H3,(H2,12,13,14,15)/t9-/m0/s1. The number of pyridine rings is 1. The molecule has 0 bridgehead atoms. The number of nitrogens with one attached hydrogen (secondary N) is 2. The molecular formula is C11H17N3O2. The van der Waals surface area contributed by atoms with Crippen molar-refractivity contribution in [3.63, 3.8) is 0 Å². The molecule has 0 aliphatic carbocycles. The first-order chi connectivity index (χ1) is 7.61. The fourth-order valence-corrected chi connectivity index (χ4v) is 1.28. The number of rotatable bonds is 4. The molecule has 1 heterocycles. The summed E-state index contributed by atoms with van der Waals surface area (Å²) in [7, 11) is 1.60. The molecule has 16 heavy (non-hydrogen) atoms. The normalized spacial score (nSPS) is 11.9. The van der Waals surface area contributed by atoms with E-state index < -0.39 is 0 Å². The number of methoxy groups -OCH3 is 1. The van der Waals surface area contributed by atoms with E-state index in [4.69, 9.17) is 4.74 Å². The zero-order valence-corrected chi connectivity index (χ0v) is 9.78.